The van der Waals surface area contributed by atoms with Crippen molar-refractivity contribution >= 4 is 11.4 Å². The zero-order chi connectivity index (χ0) is 14.3. The minimum atomic E-state index is -0.837. The highest BCUT2D eigenvalue weighted by Crippen LogP contribution is 2.26. The Labute approximate surface area is 111 Å². The van der Waals surface area contributed by atoms with E-state index in [9.17, 15) is 14.5 Å². The third-order valence-corrected chi connectivity index (χ3v) is 2.57. The predicted molar refractivity (Wildman–Crippen MR) is 71.8 cm³/mol. The van der Waals surface area contributed by atoms with Gasteiger partial charge in [-0.3, -0.25) is 10.1 Å². The van der Waals surface area contributed by atoms with Crippen LogP contribution in [0.1, 0.15) is 20.3 Å². The summed E-state index contributed by atoms with van der Waals surface area (Å²) in [6.07, 6.45) is 0.972. The summed E-state index contributed by atoms with van der Waals surface area (Å²) in [5, 5.41) is 13.6. The van der Waals surface area contributed by atoms with Crippen LogP contribution in [0, 0.1) is 21.8 Å². The van der Waals surface area contributed by atoms with Crippen molar-refractivity contribution in [1.82, 2.24) is 0 Å². The molecule has 0 aliphatic rings. The zero-order valence-corrected chi connectivity index (χ0v) is 11.2. The molecule has 0 aliphatic heterocycles. The van der Waals surface area contributed by atoms with E-state index < -0.39 is 16.4 Å². The van der Waals surface area contributed by atoms with Gasteiger partial charge in [0.2, 0.25) is 5.82 Å². The molecular formula is C13H19FN2O3. The summed E-state index contributed by atoms with van der Waals surface area (Å²) >= 11 is 0. The molecule has 0 heterocycles. The van der Waals surface area contributed by atoms with Crippen LogP contribution in [0.15, 0.2) is 18.2 Å². The maximum atomic E-state index is 13.3. The molecule has 0 radical (unpaired) electrons. The van der Waals surface area contributed by atoms with E-state index in [-0.39, 0.29) is 5.69 Å². The Morgan fingerprint density at radius 2 is 2.16 bits per heavy atom. The van der Waals surface area contributed by atoms with Crippen molar-refractivity contribution in [3.8, 4) is 0 Å². The van der Waals surface area contributed by atoms with E-state index in [0.29, 0.717) is 25.7 Å². The topological polar surface area (TPSA) is 64.4 Å². The molecular weight excluding hydrogens is 251 g/mol. The predicted octanol–water partition coefficient (Wildman–Crippen LogP) is 3.21. The Morgan fingerprint density at radius 3 is 2.79 bits per heavy atom. The Hall–Kier alpha value is -1.69. The van der Waals surface area contributed by atoms with Gasteiger partial charge in [0.1, 0.15) is 5.69 Å². The molecule has 19 heavy (non-hydrogen) atoms. The molecule has 0 amide bonds. The molecule has 1 rings (SSSR count). The van der Waals surface area contributed by atoms with Crippen molar-refractivity contribution in [3.05, 3.63) is 34.1 Å². The van der Waals surface area contributed by atoms with Gasteiger partial charge in [0.15, 0.2) is 0 Å². The van der Waals surface area contributed by atoms with Gasteiger partial charge in [-0.05, 0) is 24.5 Å². The number of hydrogen-bond acceptors (Lipinski definition) is 4. The van der Waals surface area contributed by atoms with Gasteiger partial charge in [-0.1, -0.05) is 19.9 Å². The third kappa shape index (κ3) is 5.21. The van der Waals surface area contributed by atoms with Crippen LogP contribution in [0.4, 0.5) is 15.8 Å². The minimum absolute atomic E-state index is 0.178. The van der Waals surface area contributed by atoms with E-state index in [1.807, 2.05) is 0 Å². The molecule has 0 spiro atoms. The first-order valence-corrected chi connectivity index (χ1v) is 6.27. The first-order chi connectivity index (χ1) is 9.02. The molecule has 0 atom stereocenters. The van der Waals surface area contributed by atoms with Crippen LogP contribution in [0.5, 0.6) is 0 Å². The Balaban J connectivity index is 2.41. The SMILES string of the molecule is CC(C)CCOCCNc1cccc(F)c1[N+](=O)[O-]. The summed E-state index contributed by atoms with van der Waals surface area (Å²) < 4.78 is 18.7. The Morgan fingerprint density at radius 1 is 1.42 bits per heavy atom. The number of hydrogen-bond donors (Lipinski definition) is 1. The van der Waals surface area contributed by atoms with Crippen molar-refractivity contribution in [3.63, 3.8) is 0 Å². The van der Waals surface area contributed by atoms with E-state index >= 15 is 0 Å². The monoisotopic (exact) mass is 270 g/mol. The second-order valence-electron chi connectivity index (χ2n) is 4.61. The molecule has 1 aromatic rings. The molecule has 0 aliphatic carbocycles. The number of anilines is 1. The average Bonchev–Trinajstić information content (AvgIpc) is 2.32. The standard InChI is InChI=1S/C13H19FN2O3/c1-10(2)6-8-19-9-7-15-12-5-3-4-11(14)13(12)16(17)18/h3-5,10,15H,6-9H2,1-2H3. The summed E-state index contributed by atoms with van der Waals surface area (Å²) in [6, 6.07) is 3.99. The van der Waals surface area contributed by atoms with Crippen LogP contribution in [-0.2, 0) is 4.74 Å². The first-order valence-electron chi connectivity index (χ1n) is 6.27. The maximum Gasteiger partial charge on any atom is 0.327 e. The van der Waals surface area contributed by atoms with E-state index in [4.69, 9.17) is 4.74 Å². The van der Waals surface area contributed by atoms with Crippen molar-refractivity contribution in [1.29, 1.82) is 0 Å². The van der Waals surface area contributed by atoms with Gasteiger partial charge < -0.3 is 10.1 Å². The second kappa shape index (κ2) is 7.68. The molecule has 0 saturated heterocycles. The number of para-hydroxylation sites is 1. The molecule has 6 heteroatoms. The third-order valence-electron chi connectivity index (χ3n) is 2.57. The smallest absolute Gasteiger partial charge is 0.327 e. The van der Waals surface area contributed by atoms with Crippen LogP contribution < -0.4 is 5.32 Å². The second-order valence-corrected chi connectivity index (χ2v) is 4.61. The molecule has 106 valence electrons. The van der Waals surface area contributed by atoms with Crippen LogP contribution in [-0.4, -0.2) is 24.7 Å². The van der Waals surface area contributed by atoms with Crippen LogP contribution >= 0.6 is 0 Å². The van der Waals surface area contributed by atoms with Gasteiger partial charge in [0.05, 0.1) is 11.5 Å². The normalized spacial score (nSPS) is 10.7. The number of rotatable bonds is 8. The van der Waals surface area contributed by atoms with Gasteiger partial charge in [-0.25, -0.2) is 0 Å². The average molecular weight is 270 g/mol. The summed E-state index contributed by atoms with van der Waals surface area (Å²) in [5.74, 6) is -0.256. The molecule has 1 N–H and O–H groups in total. The molecule has 1 aromatic carbocycles. The zero-order valence-electron chi connectivity index (χ0n) is 11.2. The molecule has 0 aromatic heterocycles. The van der Waals surface area contributed by atoms with Gasteiger partial charge in [-0.15, -0.1) is 0 Å². The van der Waals surface area contributed by atoms with Gasteiger partial charge in [0.25, 0.3) is 0 Å². The lowest BCUT2D eigenvalue weighted by molar-refractivity contribution is -0.386. The van der Waals surface area contributed by atoms with Gasteiger partial charge >= 0.3 is 5.69 Å². The first kappa shape index (κ1) is 15.4. The minimum Gasteiger partial charge on any atom is -0.380 e. The number of nitro benzene ring substituents is 1. The number of nitrogens with one attached hydrogen (secondary N) is 1. The Kier molecular flexibility index (Phi) is 6.21. The van der Waals surface area contributed by atoms with E-state index in [1.54, 1.807) is 0 Å². The summed E-state index contributed by atoms with van der Waals surface area (Å²) in [4.78, 5) is 10.0. The number of ether oxygens (including phenoxy) is 1. The van der Waals surface area contributed by atoms with E-state index in [2.05, 4.69) is 19.2 Å². The lowest BCUT2D eigenvalue weighted by Crippen LogP contribution is -2.12. The van der Waals surface area contributed by atoms with E-state index in [1.165, 1.54) is 12.1 Å². The molecule has 0 unspecified atom stereocenters. The molecule has 0 bridgehead atoms. The fraction of sp³-hybridized carbons (Fsp3) is 0.538. The van der Waals surface area contributed by atoms with E-state index in [0.717, 1.165) is 12.5 Å². The van der Waals surface area contributed by atoms with Crippen LogP contribution in [0.3, 0.4) is 0 Å². The molecule has 5 nitrogen and oxygen atoms in total. The highest BCUT2D eigenvalue weighted by Gasteiger charge is 2.19. The fourth-order valence-corrected chi connectivity index (χ4v) is 1.52. The van der Waals surface area contributed by atoms with Crippen LogP contribution in [0.25, 0.3) is 0 Å². The number of benzene rings is 1. The van der Waals surface area contributed by atoms with Crippen molar-refractivity contribution < 1.29 is 14.1 Å². The summed E-state index contributed by atoms with van der Waals surface area (Å²) in [7, 11) is 0. The number of nitro groups is 1. The van der Waals surface area contributed by atoms with Gasteiger partial charge in [0, 0.05) is 13.2 Å². The molecule has 0 saturated carbocycles. The molecule has 0 fully saturated rings. The lowest BCUT2D eigenvalue weighted by Gasteiger charge is -2.09. The maximum absolute atomic E-state index is 13.3. The van der Waals surface area contributed by atoms with Crippen molar-refractivity contribution in [2.45, 2.75) is 20.3 Å². The van der Waals surface area contributed by atoms with Crippen LogP contribution in [0.2, 0.25) is 0 Å². The summed E-state index contributed by atoms with van der Waals surface area (Å²) in [6.45, 7) is 5.71. The largest absolute Gasteiger partial charge is 0.380 e. The number of halogens is 1. The summed E-state index contributed by atoms with van der Waals surface area (Å²) in [5.41, 5.74) is -0.345. The van der Waals surface area contributed by atoms with Crippen molar-refractivity contribution in [2.75, 3.05) is 25.1 Å². The number of nitrogens with zero attached hydrogens (tertiary/aromatic N) is 1. The highest BCUT2D eigenvalue weighted by atomic mass is 19.1. The fourth-order valence-electron chi connectivity index (χ4n) is 1.52. The quantitative estimate of drug-likeness (QED) is 0.447. The Bertz CT molecular complexity index is 424. The van der Waals surface area contributed by atoms with Crippen molar-refractivity contribution in [2.24, 2.45) is 5.92 Å². The van der Waals surface area contributed by atoms with Gasteiger partial charge in [-0.2, -0.15) is 4.39 Å². The lowest BCUT2D eigenvalue weighted by atomic mass is 10.1. The highest BCUT2D eigenvalue weighted by molar-refractivity contribution is 5.61.